The normalized spacial score (nSPS) is 12.5. The molecule has 0 aliphatic rings. The van der Waals surface area contributed by atoms with Crippen LogP contribution in [0.5, 0.6) is 0 Å². The smallest absolute Gasteiger partial charge is 0.102 e. The number of pyridine rings is 1. The Kier molecular flexibility index (Phi) is 4.93. The summed E-state index contributed by atoms with van der Waals surface area (Å²) in [6.45, 7) is 0. The molecule has 1 aromatic carbocycles. The monoisotopic (exact) mass is 335 g/mol. The van der Waals surface area contributed by atoms with Crippen LogP contribution in [0.25, 0.3) is 0 Å². The molecular weight excluding hydrogens is 328 g/mol. The largest absolute Gasteiger partial charge is 0.386 e. The SMILES string of the molecule is OC(Cc1cc(Cl)ccc1Cl)c1ncc(Cl)cc1Cl. The first-order valence-corrected chi connectivity index (χ1v) is 6.91. The van der Waals surface area contributed by atoms with Gasteiger partial charge in [0, 0.05) is 22.7 Å². The maximum Gasteiger partial charge on any atom is 0.102 e. The van der Waals surface area contributed by atoms with Gasteiger partial charge >= 0.3 is 0 Å². The van der Waals surface area contributed by atoms with Gasteiger partial charge in [-0.1, -0.05) is 46.4 Å². The van der Waals surface area contributed by atoms with E-state index in [4.69, 9.17) is 46.4 Å². The minimum atomic E-state index is -0.874. The molecular formula is C13H9Cl4NO. The van der Waals surface area contributed by atoms with Crippen LogP contribution in [0.1, 0.15) is 17.4 Å². The number of halogens is 4. The number of hydrogen-bond donors (Lipinski definition) is 1. The van der Waals surface area contributed by atoms with E-state index in [9.17, 15) is 5.11 Å². The Labute approximate surface area is 130 Å². The Morgan fingerprint density at radius 1 is 1.00 bits per heavy atom. The number of benzene rings is 1. The van der Waals surface area contributed by atoms with Crippen molar-refractivity contribution in [1.82, 2.24) is 4.98 Å². The molecule has 1 atom stereocenters. The van der Waals surface area contributed by atoms with Crippen molar-refractivity contribution < 1.29 is 5.11 Å². The average Bonchev–Trinajstić information content (AvgIpc) is 2.33. The zero-order chi connectivity index (χ0) is 14.0. The van der Waals surface area contributed by atoms with Gasteiger partial charge in [0.1, 0.15) is 6.10 Å². The predicted octanol–water partition coefficient (Wildman–Crippen LogP) is 4.97. The number of nitrogens with zero attached hydrogens (tertiary/aromatic N) is 1. The lowest BCUT2D eigenvalue weighted by atomic mass is 10.1. The van der Waals surface area contributed by atoms with E-state index in [1.807, 2.05) is 0 Å². The lowest BCUT2D eigenvalue weighted by Gasteiger charge is -2.13. The molecule has 19 heavy (non-hydrogen) atoms. The molecule has 2 nitrogen and oxygen atoms in total. The van der Waals surface area contributed by atoms with Crippen molar-refractivity contribution in [3.63, 3.8) is 0 Å². The third-order valence-corrected chi connectivity index (χ3v) is 3.69. The van der Waals surface area contributed by atoms with E-state index in [1.54, 1.807) is 18.2 Å². The molecule has 0 saturated heterocycles. The molecule has 1 N–H and O–H groups in total. The number of aromatic nitrogens is 1. The number of aliphatic hydroxyl groups is 1. The van der Waals surface area contributed by atoms with E-state index in [2.05, 4.69) is 4.98 Å². The van der Waals surface area contributed by atoms with Gasteiger partial charge in [-0.15, -0.1) is 0 Å². The standard InChI is InChI=1S/C13H9Cl4NO/c14-8-1-2-10(16)7(3-8)4-12(19)13-11(17)5-9(15)6-18-13/h1-3,5-6,12,19H,4H2. The summed E-state index contributed by atoms with van der Waals surface area (Å²) in [5, 5.41) is 12.0. The third-order valence-electron chi connectivity index (χ3n) is 2.57. The summed E-state index contributed by atoms with van der Waals surface area (Å²) >= 11 is 23.7. The Balaban J connectivity index is 2.25. The lowest BCUT2D eigenvalue weighted by molar-refractivity contribution is 0.174. The molecule has 0 spiro atoms. The highest BCUT2D eigenvalue weighted by Gasteiger charge is 2.16. The molecule has 1 aromatic heterocycles. The molecule has 0 amide bonds. The van der Waals surface area contributed by atoms with Crippen LogP contribution in [0.4, 0.5) is 0 Å². The lowest BCUT2D eigenvalue weighted by Crippen LogP contribution is -2.05. The molecule has 100 valence electrons. The van der Waals surface area contributed by atoms with Gasteiger partial charge in [-0.25, -0.2) is 0 Å². The molecule has 0 fully saturated rings. The molecule has 1 heterocycles. The molecule has 0 saturated carbocycles. The summed E-state index contributed by atoms with van der Waals surface area (Å²) in [6.07, 6.45) is 0.833. The van der Waals surface area contributed by atoms with Gasteiger partial charge in [-0.2, -0.15) is 0 Å². The van der Waals surface area contributed by atoms with Crippen LogP contribution in [-0.4, -0.2) is 10.1 Å². The van der Waals surface area contributed by atoms with Crippen molar-refractivity contribution in [2.24, 2.45) is 0 Å². The van der Waals surface area contributed by atoms with Crippen molar-refractivity contribution in [2.75, 3.05) is 0 Å². The van der Waals surface area contributed by atoms with Crippen molar-refractivity contribution in [3.8, 4) is 0 Å². The van der Waals surface area contributed by atoms with E-state index in [0.717, 1.165) is 5.56 Å². The zero-order valence-electron chi connectivity index (χ0n) is 9.58. The second-order valence-electron chi connectivity index (χ2n) is 3.98. The van der Waals surface area contributed by atoms with Gasteiger partial charge in [-0.05, 0) is 29.8 Å². The minimum Gasteiger partial charge on any atom is -0.386 e. The molecule has 0 aliphatic heterocycles. The van der Waals surface area contributed by atoms with E-state index in [0.29, 0.717) is 25.8 Å². The average molecular weight is 337 g/mol. The van der Waals surface area contributed by atoms with E-state index >= 15 is 0 Å². The quantitative estimate of drug-likeness (QED) is 0.858. The summed E-state index contributed by atoms with van der Waals surface area (Å²) in [4.78, 5) is 4.04. The summed E-state index contributed by atoms with van der Waals surface area (Å²) in [7, 11) is 0. The second-order valence-corrected chi connectivity index (χ2v) is 5.66. The topological polar surface area (TPSA) is 33.1 Å². The highest BCUT2D eigenvalue weighted by Crippen LogP contribution is 2.29. The number of rotatable bonds is 3. The first-order valence-electron chi connectivity index (χ1n) is 5.40. The van der Waals surface area contributed by atoms with E-state index in [-0.39, 0.29) is 6.42 Å². The maximum atomic E-state index is 10.2. The highest BCUT2D eigenvalue weighted by atomic mass is 35.5. The van der Waals surface area contributed by atoms with Gasteiger partial charge in [-0.3, -0.25) is 4.98 Å². The fourth-order valence-electron chi connectivity index (χ4n) is 1.68. The van der Waals surface area contributed by atoms with Gasteiger partial charge in [0.25, 0.3) is 0 Å². The van der Waals surface area contributed by atoms with Crippen LogP contribution in [0.15, 0.2) is 30.5 Å². The zero-order valence-corrected chi connectivity index (χ0v) is 12.6. The molecule has 0 bridgehead atoms. The second kappa shape index (κ2) is 6.29. The third kappa shape index (κ3) is 3.74. The number of aliphatic hydroxyl groups excluding tert-OH is 1. The van der Waals surface area contributed by atoms with Gasteiger partial charge < -0.3 is 5.11 Å². The molecule has 2 aromatic rings. The van der Waals surface area contributed by atoms with Crippen LogP contribution in [0, 0.1) is 0 Å². The Hall–Kier alpha value is -0.510. The van der Waals surface area contributed by atoms with Crippen LogP contribution < -0.4 is 0 Å². The minimum absolute atomic E-state index is 0.272. The van der Waals surface area contributed by atoms with Crippen LogP contribution in [0.2, 0.25) is 20.1 Å². The summed E-state index contributed by atoms with van der Waals surface area (Å²) < 4.78 is 0. The summed E-state index contributed by atoms with van der Waals surface area (Å²) in [5.74, 6) is 0. The van der Waals surface area contributed by atoms with Crippen LogP contribution in [-0.2, 0) is 6.42 Å². The summed E-state index contributed by atoms with van der Waals surface area (Å²) in [5.41, 5.74) is 1.09. The van der Waals surface area contributed by atoms with Crippen molar-refractivity contribution in [2.45, 2.75) is 12.5 Å². The Bertz CT molecular complexity index is 603. The fourth-order valence-corrected chi connectivity index (χ4v) is 2.57. The number of hydrogen-bond acceptors (Lipinski definition) is 2. The van der Waals surface area contributed by atoms with Crippen molar-refractivity contribution in [3.05, 3.63) is 61.8 Å². The van der Waals surface area contributed by atoms with Gasteiger partial charge in [0.2, 0.25) is 0 Å². The first kappa shape index (κ1) is 14.9. The Morgan fingerprint density at radius 2 is 1.74 bits per heavy atom. The molecule has 1 unspecified atom stereocenters. The maximum absolute atomic E-state index is 10.2. The van der Waals surface area contributed by atoms with Crippen LogP contribution >= 0.6 is 46.4 Å². The van der Waals surface area contributed by atoms with Crippen molar-refractivity contribution in [1.29, 1.82) is 0 Å². The first-order chi connectivity index (χ1) is 8.97. The summed E-state index contributed by atoms with van der Waals surface area (Å²) in [6, 6.07) is 6.61. The van der Waals surface area contributed by atoms with Crippen LogP contribution in [0.3, 0.4) is 0 Å². The van der Waals surface area contributed by atoms with Gasteiger partial charge in [0.15, 0.2) is 0 Å². The fraction of sp³-hybridized carbons (Fsp3) is 0.154. The Morgan fingerprint density at radius 3 is 2.42 bits per heavy atom. The molecule has 0 radical (unpaired) electrons. The van der Waals surface area contributed by atoms with Gasteiger partial charge in [0.05, 0.1) is 15.7 Å². The van der Waals surface area contributed by atoms with E-state index in [1.165, 1.54) is 12.3 Å². The highest BCUT2D eigenvalue weighted by molar-refractivity contribution is 6.35. The van der Waals surface area contributed by atoms with Crippen molar-refractivity contribution >= 4 is 46.4 Å². The molecule has 6 heteroatoms. The molecule has 2 rings (SSSR count). The van der Waals surface area contributed by atoms with E-state index < -0.39 is 6.10 Å². The predicted molar refractivity (Wildman–Crippen MR) is 79.4 cm³/mol. The molecule has 0 aliphatic carbocycles.